The van der Waals surface area contributed by atoms with Gasteiger partial charge in [0.05, 0.1) is 4.90 Å². The molecule has 1 aliphatic heterocycles. The fraction of sp³-hybridized carbons (Fsp3) is 0.417. The fourth-order valence-corrected chi connectivity index (χ4v) is 2.63. The Kier molecular flexibility index (Phi) is 4.95. The SMILES string of the molecule is CS(=O)(=O)c1ccc(C(=O)N2CCC(N)C2)cc1.Cl. The van der Waals surface area contributed by atoms with Gasteiger partial charge in [-0.2, -0.15) is 0 Å². The van der Waals surface area contributed by atoms with E-state index >= 15 is 0 Å². The summed E-state index contributed by atoms with van der Waals surface area (Å²) in [5.41, 5.74) is 6.25. The molecule has 1 amide bonds. The summed E-state index contributed by atoms with van der Waals surface area (Å²) in [5.74, 6) is -0.0944. The summed E-state index contributed by atoms with van der Waals surface area (Å²) < 4.78 is 22.6. The van der Waals surface area contributed by atoms with E-state index in [-0.39, 0.29) is 29.3 Å². The van der Waals surface area contributed by atoms with Crippen molar-refractivity contribution in [2.24, 2.45) is 5.73 Å². The van der Waals surface area contributed by atoms with E-state index in [0.29, 0.717) is 18.7 Å². The highest BCUT2D eigenvalue weighted by Crippen LogP contribution is 2.15. The maximum absolute atomic E-state index is 12.1. The Hall–Kier alpha value is -1.11. The third kappa shape index (κ3) is 3.68. The van der Waals surface area contributed by atoms with E-state index in [9.17, 15) is 13.2 Å². The molecule has 0 radical (unpaired) electrons. The summed E-state index contributed by atoms with van der Waals surface area (Å²) >= 11 is 0. The molecule has 0 saturated carbocycles. The van der Waals surface area contributed by atoms with Crippen molar-refractivity contribution < 1.29 is 13.2 Å². The van der Waals surface area contributed by atoms with Gasteiger partial charge in [-0.25, -0.2) is 8.42 Å². The number of sulfone groups is 1. The van der Waals surface area contributed by atoms with E-state index < -0.39 is 9.84 Å². The average Bonchev–Trinajstić information content (AvgIpc) is 2.74. The molecule has 1 unspecified atom stereocenters. The quantitative estimate of drug-likeness (QED) is 0.871. The molecule has 7 heteroatoms. The highest BCUT2D eigenvalue weighted by atomic mass is 35.5. The molecule has 1 atom stereocenters. The van der Waals surface area contributed by atoms with Gasteiger partial charge in [0.15, 0.2) is 9.84 Å². The summed E-state index contributed by atoms with van der Waals surface area (Å²) in [6.45, 7) is 1.22. The van der Waals surface area contributed by atoms with Gasteiger partial charge >= 0.3 is 0 Å². The minimum atomic E-state index is -3.22. The average molecular weight is 305 g/mol. The minimum Gasteiger partial charge on any atom is -0.337 e. The van der Waals surface area contributed by atoms with Crippen molar-refractivity contribution in [3.05, 3.63) is 29.8 Å². The maximum atomic E-state index is 12.1. The first-order chi connectivity index (χ1) is 8.38. The Morgan fingerprint density at radius 3 is 2.32 bits per heavy atom. The number of hydrogen-bond acceptors (Lipinski definition) is 4. The third-order valence-electron chi connectivity index (χ3n) is 3.04. The predicted octanol–water partition coefficient (Wildman–Crippen LogP) is 0.685. The van der Waals surface area contributed by atoms with Crippen molar-refractivity contribution in [3.63, 3.8) is 0 Å². The van der Waals surface area contributed by atoms with Crippen molar-refractivity contribution in [3.8, 4) is 0 Å². The second-order valence-corrected chi connectivity index (χ2v) is 6.61. The zero-order valence-corrected chi connectivity index (χ0v) is 12.2. The Morgan fingerprint density at radius 2 is 1.89 bits per heavy atom. The number of nitrogens with two attached hydrogens (primary N) is 1. The predicted molar refractivity (Wildman–Crippen MR) is 75.3 cm³/mol. The topological polar surface area (TPSA) is 80.5 Å². The monoisotopic (exact) mass is 304 g/mol. The van der Waals surface area contributed by atoms with E-state index in [1.807, 2.05) is 0 Å². The first-order valence-electron chi connectivity index (χ1n) is 5.73. The van der Waals surface area contributed by atoms with Crippen LogP contribution in [0.2, 0.25) is 0 Å². The summed E-state index contributed by atoms with van der Waals surface area (Å²) in [5, 5.41) is 0. The van der Waals surface area contributed by atoms with Gasteiger partial charge < -0.3 is 10.6 Å². The van der Waals surface area contributed by atoms with Crippen molar-refractivity contribution in [1.82, 2.24) is 4.90 Å². The van der Waals surface area contributed by atoms with E-state index in [0.717, 1.165) is 12.7 Å². The number of nitrogens with zero attached hydrogens (tertiary/aromatic N) is 1. The van der Waals surface area contributed by atoms with Gasteiger partial charge in [-0.1, -0.05) is 0 Å². The molecule has 1 saturated heterocycles. The number of halogens is 1. The Labute approximate surface area is 119 Å². The number of carbonyl (C=O) groups is 1. The molecule has 1 aromatic rings. The first-order valence-corrected chi connectivity index (χ1v) is 7.62. The molecular weight excluding hydrogens is 288 g/mol. The third-order valence-corrected chi connectivity index (χ3v) is 4.17. The molecule has 1 aliphatic rings. The van der Waals surface area contributed by atoms with Crippen LogP contribution in [-0.4, -0.2) is 44.6 Å². The van der Waals surface area contributed by atoms with Gasteiger partial charge in [0.2, 0.25) is 0 Å². The van der Waals surface area contributed by atoms with E-state index in [2.05, 4.69) is 0 Å². The van der Waals surface area contributed by atoms with Crippen molar-refractivity contribution in [2.75, 3.05) is 19.3 Å². The highest BCUT2D eigenvalue weighted by Gasteiger charge is 2.24. The van der Waals surface area contributed by atoms with Crippen LogP contribution in [0, 0.1) is 0 Å². The molecule has 0 aromatic heterocycles. The maximum Gasteiger partial charge on any atom is 0.253 e. The number of likely N-dealkylation sites (tertiary alicyclic amines) is 1. The molecule has 5 nitrogen and oxygen atoms in total. The van der Waals surface area contributed by atoms with Crippen LogP contribution < -0.4 is 5.73 Å². The lowest BCUT2D eigenvalue weighted by atomic mass is 10.2. The molecule has 106 valence electrons. The number of rotatable bonds is 2. The van der Waals surface area contributed by atoms with Crippen LogP contribution in [0.5, 0.6) is 0 Å². The van der Waals surface area contributed by atoms with E-state index in [1.165, 1.54) is 12.1 Å². The number of carbonyl (C=O) groups excluding carboxylic acids is 1. The minimum absolute atomic E-state index is 0. The molecule has 0 bridgehead atoms. The molecule has 1 heterocycles. The molecular formula is C12H17ClN2O3S. The van der Waals surface area contributed by atoms with Gasteiger partial charge in [0.1, 0.15) is 0 Å². The zero-order valence-electron chi connectivity index (χ0n) is 10.6. The van der Waals surface area contributed by atoms with Crippen LogP contribution in [0.25, 0.3) is 0 Å². The smallest absolute Gasteiger partial charge is 0.253 e. The van der Waals surface area contributed by atoms with Crippen molar-refractivity contribution in [2.45, 2.75) is 17.4 Å². The lowest BCUT2D eigenvalue weighted by molar-refractivity contribution is 0.0791. The molecule has 19 heavy (non-hydrogen) atoms. The molecule has 2 rings (SSSR count). The molecule has 0 aliphatic carbocycles. The molecule has 0 spiro atoms. The van der Waals surface area contributed by atoms with Gasteiger partial charge in [0.25, 0.3) is 5.91 Å². The van der Waals surface area contributed by atoms with Gasteiger partial charge in [-0.3, -0.25) is 4.79 Å². The number of benzene rings is 1. The van der Waals surface area contributed by atoms with Crippen LogP contribution >= 0.6 is 12.4 Å². The van der Waals surface area contributed by atoms with Crippen LogP contribution in [-0.2, 0) is 9.84 Å². The number of amides is 1. The molecule has 1 aromatic carbocycles. The molecule has 2 N–H and O–H groups in total. The Morgan fingerprint density at radius 1 is 1.32 bits per heavy atom. The Bertz CT molecular complexity index is 557. The van der Waals surface area contributed by atoms with Crippen LogP contribution in [0.4, 0.5) is 0 Å². The largest absolute Gasteiger partial charge is 0.337 e. The first kappa shape index (κ1) is 15.9. The summed E-state index contributed by atoms with van der Waals surface area (Å²) in [6.07, 6.45) is 1.95. The van der Waals surface area contributed by atoms with Gasteiger partial charge in [0, 0.05) is 31.0 Å². The lowest BCUT2D eigenvalue weighted by Crippen LogP contribution is -2.31. The standard InChI is InChI=1S/C12H16N2O3S.ClH/c1-18(16,17)11-4-2-9(3-5-11)12(15)14-7-6-10(13)8-14;/h2-5,10H,6-8,13H2,1H3;1H. The summed E-state index contributed by atoms with van der Waals surface area (Å²) in [6, 6.07) is 6.05. The lowest BCUT2D eigenvalue weighted by Gasteiger charge is -2.15. The van der Waals surface area contributed by atoms with Crippen molar-refractivity contribution >= 4 is 28.2 Å². The highest BCUT2D eigenvalue weighted by molar-refractivity contribution is 7.90. The Balaban J connectivity index is 0.00000180. The van der Waals surface area contributed by atoms with Crippen LogP contribution in [0.15, 0.2) is 29.2 Å². The molecule has 1 fully saturated rings. The van der Waals surface area contributed by atoms with Gasteiger partial charge in [-0.05, 0) is 30.7 Å². The zero-order chi connectivity index (χ0) is 13.3. The fourth-order valence-electron chi connectivity index (χ4n) is 2.00. The normalized spacial score (nSPS) is 19.1. The van der Waals surface area contributed by atoms with Crippen molar-refractivity contribution in [1.29, 1.82) is 0 Å². The summed E-state index contributed by atoms with van der Waals surface area (Å²) in [4.78, 5) is 14.0. The van der Waals surface area contributed by atoms with Crippen LogP contribution in [0.3, 0.4) is 0 Å². The summed E-state index contributed by atoms with van der Waals surface area (Å²) in [7, 11) is -3.22. The second kappa shape index (κ2) is 5.90. The van der Waals surface area contributed by atoms with E-state index in [1.54, 1.807) is 17.0 Å². The number of hydrogen-bond donors (Lipinski definition) is 1. The van der Waals surface area contributed by atoms with Gasteiger partial charge in [-0.15, -0.1) is 12.4 Å². The van der Waals surface area contributed by atoms with Crippen LogP contribution in [0.1, 0.15) is 16.8 Å². The second-order valence-electron chi connectivity index (χ2n) is 4.60. The van der Waals surface area contributed by atoms with E-state index in [4.69, 9.17) is 5.73 Å².